The zero-order valence-corrected chi connectivity index (χ0v) is 27.9. The van der Waals surface area contributed by atoms with Crippen LogP contribution in [0.15, 0.2) is 95.9 Å². The van der Waals surface area contributed by atoms with Crippen LogP contribution in [0, 0.1) is 5.82 Å². The molecule has 3 heterocycles. The van der Waals surface area contributed by atoms with Gasteiger partial charge in [0.15, 0.2) is 5.82 Å². The van der Waals surface area contributed by atoms with Crippen molar-refractivity contribution in [3.05, 3.63) is 113 Å². The summed E-state index contributed by atoms with van der Waals surface area (Å²) in [6, 6.07) is 22.5. The number of carboxylic acids is 1. The molecule has 1 atom stereocenters. The predicted molar refractivity (Wildman–Crippen MR) is 182 cm³/mol. The van der Waals surface area contributed by atoms with Crippen LogP contribution in [0.4, 0.5) is 4.39 Å². The van der Waals surface area contributed by atoms with Gasteiger partial charge in [0.25, 0.3) is 0 Å². The van der Waals surface area contributed by atoms with Gasteiger partial charge in [-0.25, -0.2) is 29.1 Å². The number of carbonyl (C=O) groups is 1. The number of thiophene rings is 1. The van der Waals surface area contributed by atoms with Crippen LogP contribution in [0.2, 0.25) is 0 Å². The maximum absolute atomic E-state index is 13.5. The van der Waals surface area contributed by atoms with Crippen LogP contribution in [0.25, 0.3) is 32.0 Å². The van der Waals surface area contributed by atoms with E-state index < -0.39 is 12.1 Å². The first kappa shape index (κ1) is 32.9. The van der Waals surface area contributed by atoms with E-state index in [0.29, 0.717) is 56.5 Å². The second-order valence-corrected chi connectivity index (χ2v) is 12.2. The molecule has 0 unspecified atom stereocenters. The lowest BCUT2D eigenvalue weighted by Crippen LogP contribution is -2.30. The fourth-order valence-electron chi connectivity index (χ4n) is 4.85. The molecule has 0 amide bonds. The van der Waals surface area contributed by atoms with E-state index in [1.54, 1.807) is 49.7 Å². The number of methoxy groups -OCH3 is 1. The van der Waals surface area contributed by atoms with Gasteiger partial charge < -0.3 is 24.1 Å². The van der Waals surface area contributed by atoms with Gasteiger partial charge >= 0.3 is 5.97 Å². The molecule has 3 aromatic carbocycles. The molecule has 0 bridgehead atoms. The SMILES string of the molecule is COCCOc1ccccc1-c1nccc(COc2ccccc2C[C@@H](Oc2ncnc3sc(-c4ccc(F)cc4)c(Br)c23)C(=O)O)n1. The van der Waals surface area contributed by atoms with E-state index in [2.05, 4.69) is 35.9 Å². The van der Waals surface area contributed by atoms with Crippen LogP contribution in [0.3, 0.4) is 0 Å². The quantitative estimate of drug-likeness (QED) is 0.113. The van der Waals surface area contributed by atoms with Gasteiger partial charge in [0.2, 0.25) is 12.0 Å². The Kier molecular flexibility index (Phi) is 10.5. The van der Waals surface area contributed by atoms with Gasteiger partial charge in [-0.1, -0.05) is 42.5 Å². The summed E-state index contributed by atoms with van der Waals surface area (Å²) in [5.41, 5.74) is 2.75. The molecule has 0 fully saturated rings. The van der Waals surface area contributed by atoms with Gasteiger partial charge in [0.1, 0.15) is 41.7 Å². The average Bonchev–Trinajstić information content (AvgIpc) is 3.45. The van der Waals surface area contributed by atoms with Gasteiger partial charge in [-0.2, -0.15) is 0 Å². The Labute approximate surface area is 287 Å². The summed E-state index contributed by atoms with van der Waals surface area (Å²) in [5.74, 6) is 0.199. The number of hydrogen-bond donors (Lipinski definition) is 1. The summed E-state index contributed by atoms with van der Waals surface area (Å²) in [6.45, 7) is 0.944. The largest absolute Gasteiger partial charge is 0.490 e. The number of para-hydroxylation sites is 2. The minimum atomic E-state index is -1.30. The Bertz CT molecular complexity index is 2040. The highest BCUT2D eigenvalue weighted by atomic mass is 79.9. The third kappa shape index (κ3) is 7.59. The van der Waals surface area contributed by atoms with Crippen molar-refractivity contribution in [1.82, 2.24) is 19.9 Å². The highest BCUT2D eigenvalue weighted by Crippen LogP contribution is 2.44. The number of benzene rings is 3. The first-order valence-corrected chi connectivity index (χ1v) is 16.3. The number of aromatic nitrogens is 4. The van der Waals surface area contributed by atoms with Crippen LogP contribution in [0.5, 0.6) is 17.4 Å². The van der Waals surface area contributed by atoms with Crippen molar-refractivity contribution in [1.29, 1.82) is 0 Å². The normalized spacial score (nSPS) is 11.7. The fraction of sp³-hybridized carbons (Fsp3) is 0.171. The Hall–Kier alpha value is -4.98. The number of nitrogens with zero attached hydrogens (tertiary/aromatic N) is 4. The molecule has 0 radical (unpaired) electrons. The van der Waals surface area contributed by atoms with E-state index in [0.717, 1.165) is 16.0 Å². The molecule has 0 aliphatic heterocycles. The van der Waals surface area contributed by atoms with Gasteiger partial charge in [-0.15, -0.1) is 11.3 Å². The maximum Gasteiger partial charge on any atom is 0.345 e. The second-order valence-electron chi connectivity index (χ2n) is 10.4. The molecule has 0 aliphatic carbocycles. The van der Waals surface area contributed by atoms with E-state index in [9.17, 15) is 14.3 Å². The molecule has 13 heteroatoms. The number of rotatable bonds is 14. The predicted octanol–water partition coefficient (Wildman–Crippen LogP) is 7.40. The summed E-state index contributed by atoms with van der Waals surface area (Å²) in [4.78, 5) is 31.6. The Balaban J connectivity index is 1.20. The highest BCUT2D eigenvalue weighted by molar-refractivity contribution is 9.10. The first-order chi connectivity index (χ1) is 23.4. The monoisotopic (exact) mass is 730 g/mol. The molecule has 1 N–H and O–H groups in total. The van der Waals surface area contributed by atoms with Crippen LogP contribution in [-0.2, 0) is 22.6 Å². The number of ether oxygens (including phenoxy) is 4. The number of hydrogen-bond acceptors (Lipinski definition) is 10. The third-order valence-corrected chi connectivity index (χ3v) is 9.37. The number of halogens is 2. The lowest BCUT2D eigenvalue weighted by Gasteiger charge is -2.17. The summed E-state index contributed by atoms with van der Waals surface area (Å²) < 4.78 is 37.3. The second kappa shape index (κ2) is 15.3. The third-order valence-electron chi connectivity index (χ3n) is 7.17. The summed E-state index contributed by atoms with van der Waals surface area (Å²) in [7, 11) is 1.61. The minimum Gasteiger partial charge on any atom is -0.490 e. The van der Waals surface area contributed by atoms with Gasteiger partial charge in [-0.05, 0) is 63.5 Å². The molecule has 3 aromatic heterocycles. The average molecular weight is 732 g/mol. The molecule has 0 aliphatic rings. The van der Waals surface area contributed by atoms with Gasteiger partial charge in [0, 0.05) is 19.7 Å². The van der Waals surface area contributed by atoms with Crippen molar-refractivity contribution in [3.8, 4) is 39.2 Å². The smallest absolute Gasteiger partial charge is 0.345 e. The maximum atomic E-state index is 13.5. The van der Waals surface area contributed by atoms with Crippen LogP contribution >= 0.6 is 27.3 Å². The molecule has 10 nitrogen and oxygen atoms in total. The van der Waals surface area contributed by atoms with Crippen molar-refractivity contribution in [2.75, 3.05) is 20.3 Å². The topological polar surface area (TPSA) is 126 Å². The Morgan fingerprint density at radius 3 is 2.50 bits per heavy atom. The van der Waals surface area contributed by atoms with Crippen molar-refractivity contribution >= 4 is 43.5 Å². The van der Waals surface area contributed by atoms with E-state index in [4.69, 9.17) is 18.9 Å². The number of aliphatic carboxylic acids is 1. The van der Waals surface area contributed by atoms with Gasteiger partial charge in [-0.3, -0.25) is 0 Å². The van der Waals surface area contributed by atoms with Crippen LogP contribution in [0.1, 0.15) is 11.3 Å². The lowest BCUT2D eigenvalue weighted by atomic mass is 10.1. The molecule has 0 saturated heterocycles. The molecular weight excluding hydrogens is 703 g/mol. The molecule has 0 saturated carbocycles. The molecular formula is C35H28BrFN4O6S. The summed E-state index contributed by atoms with van der Waals surface area (Å²) in [6.07, 6.45) is 1.67. The Morgan fingerprint density at radius 1 is 0.938 bits per heavy atom. The van der Waals surface area contributed by atoms with E-state index in [1.165, 1.54) is 29.8 Å². The minimum absolute atomic E-state index is 0.00914. The molecule has 48 heavy (non-hydrogen) atoms. The van der Waals surface area contributed by atoms with Crippen molar-refractivity contribution in [2.24, 2.45) is 0 Å². The summed E-state index contributed by atoms with van der Waals surface area (Å²) in [5, 5.41) is 10.7. The molecule has 6 rings (SSSR count). The van der Waals surface area contributed by atoms with E-state index >= 15 is 0 Å². The number of fused-ring (bicyclic) bond motifs is 1. The summed E-state index contributed by atoms with van der Waals surface area (Å²) >= 11 is 4.97. The van der Waals surface area contributed by atoms with Crippen molar-refractivity contribution < 1.29 is 33.2 Å². The molecule has 0 spiro atoms. The standard InChI is InChI=1S/C35H28BrFN4O6S/c1-44-16-17-45-27-9-5-3-7-25(27)32-38-15-14-24(41-32)19-46-26-8-4-2-6-22(26)18-28(35(42)43)47-33-29-30(36)31(48-34(29)40-20-39-33)21-10-12-23(37)13-11-21/h2-15,20,28H,16-19H2,1H3,(H,42,43)/t28-/m1/s1. The Morgan fingerprint density at radius 2 is 1.71 bits per heavy atom. The van der Waals surface area contributed by atoms with Gasteiger partial charge in [0.05, 0.1) is 32.6 Å². The van der Waals surface area contributed by atoms with Crippen molar-refractivity contribution in [3.63, 3.8) is 0 Å². The van der Waals surface area contributed by atoms with E-state index in [1.807, 2.05) is 30.3 Å². The van der Waals surface area contributed by atoms with Crippen LogP contribution < -0.4 is 14.2 Å². The molecule has 6 aromatic rings. The van der Waals surface area contributed by atoms with Crippen LogP contribution in [-0.4, -0.2) is 57.4 Å². The van der Waals surface area contributed by atoms with E-state index in [-0.39, 0.29) is 24.7 Å². The van der Waals surface area contributed by atoms with Crippen molar-refractivity contribution in [2.45, 2.75) is 19.1 Å². The lowest BCUT2D eigenvalue weighted by molar-refractivity contribution is -0.145. The fourth-order valence-corrected chi connectivity index (χ4v) is 6.84. The first-order valence-electron chi connectivity index (χ1n) is 14.7. The highest BCUT2D eigenvalue weighted by Gasteiger charge is 2.26. The zero-order valence-electron chi connectivity index (χ0n) is 25.5. The number of carboxylic acid groups (broad SMARTS) is 1. The zero-order chi connectivity index (χ0) is 33.5. The molecule has 244 valence electrons.